The molecule has 0 aliphatic carbocycles. The van der Waals surface area contributed by atoms with Crippen LogP contribution in [-0.2, 0) is 26.6 Å². The van der Waals surface area contributed by atoms with Gasteiger partial charge in [0, 0.05) is 56.4 Å². The molecule has 3 aromatic rings. The van der Waals surface area contributed by atoms with Gasteiger partial charge in [0.05, 0.1) is 6.20 Å². The lowest BCUT2D eigenvalue weighted by atomic mass is 10.0. The van der Waals surface area contributed by atoms with E-state index in [4.69, 9.17) is 4.74 Å². The van der Waals surface area contributed by atoms with Crippen LogP contribution in [-0.4, -0.2) is 47.3 Å². The summed E-state index contributed by atoms with van der Waals surface area (Å²) in [4.78, 5) is 22.4. The van der Waals surface area contributed by atoms with Crippen LogP contribution < -0.4 is 4.74 Å². The Balaban J connectivity index is 1.53. The van der Waals surface area contributed by atoms with Gasteiger partial charge in [0.25, 0.3) is 5.91 Å². The quantitative estimate of drug-likeness (QED) is 0.751. The zero-order valence-corrected chi connectivity index (χ0v) is 13.7. The van der Waals surface area contributed by atoms with Crippen molar-refractivity contribution in [2.75, 3.05) is 6.54 Å². The van der Waals surface area contributed by atoms with Gasteiger partial charge in [-0.1, -0.05) is 0 Å². The number of ether oxygens (including phenoxy) is 1. The summed E-state index contributed by atoms with van der Waals surface area (Å²) < 4.78 is 7.53. The number of nitrogens with zero attached hydrogens (tertiary/aromatic N) is 6. The third-order valence-electron chi connectivity index (χ3n) is 4.24. The second-order valence-electron chi connectivity index (χ2n) is 5.77. The maximum Gasteiger partial charge on any atom is 0.272 e. The summed E-state index contributed by atoms with van der Waals surface area (Å²) in [5, 5.41) is 11.1. The number of aromatic amines is 1. The molecule has 0 aromatic carbocycles. The van der Waals surface area contributed by atoms with Crippen molar-refractivity contribution in [1.82, 2.24) is 34.8 Å². The van der Waals surface area contributed by atoms with Gasteiger partial charge in [-0.2, -0.15) is 10.2 Å². The summed E-state index contributed by atoms with van der Waals surface area (Å²) in [5.74, 6) is 0.385. The van der Waals surface area contributed by atoms with Crippen LogP contribution in [0.1, 0.15) is 27.4 Å². The van der Waals surface area contributed by atoms with Gasteiger partial charge in [-0.15, -0.1) is 0 Å². The number of hydrogen-bond donors (Lipinski definition) is 1. The number of carbonyl (C=O) groups is 1. The first-order chi connectivity index (χ1) is 12.2. The van der Waals surface area contributed by atoms with Crippen LogP contribution in [0.3, 0.4) is 0 Å². The number of nitrogens with one attached hydrogen (secondary N) is 1. The molecule has 3 aromatic heterocycles. The average molecular weight is 339 g/mol. The molecule has 4 rings (SSSR count). The fourth-order valence-corrected chi connectivity index (χ4v) is 3.01. The predicted octanol–water partition coefficient (Wildman–Crippen LogP) is 0.711. The zero-order chi connectivity index (χ0) is 17.2. The Kier molecular flexibility index (Phi) is 3.88. The highest BCUT2D eigenvalue weighted by Crippen LogP contribution is 2.24. The van der Waals surface area contributed by atoms with Gasteiger partial charge in [-0.3, -0.25) is 19.6 Å². The molecule has 128 valence electrons. The van der Waals surface area contributed by atoms with Crippen molar-refractivity contribution in [2.24, 2.45) is 7.05 Å². The van der Waals surface area contributed by atoms with Crippen LogP contribution >= 0.6 is 0 Å². The number of amides is 1. The summed E-state index contributed by atoms with van der Waals surface area (Å²) in [6.07, 6.45) is 7.06. The lowest BCUT2D eigenvalue weighted by Gasteiger charge is -2.27. The van der Waals surface area contributed by atoms with Crippen molar-refractivity contribution in [2.45, 2.75) is 19.6 Å². The van der Waals surface area contributed by atoms with Crippen LogP contribution in [0.5, 0.6) is 5.88 Å². The van der Waals surface area contributed by atoms with Crippen LogP contribution in [0.25, 0.3) is 0 Å². The van der Waals surface area contributed by atoms with Gasteiger partial charge < -0.3 is 9.64 Å². The number of fused-ring (bicyclic) bond motifs is 1. The highest BCUT2D eigenvalue weighted by molar-refractivity contribution is 5.92. The van der Waals surface area contributed by atoms with E-state index >= 15 is 0 Å². The summed E-state index contributed by atoms with van der Waals surface area (Å²) in [5.41, 5.74) is 3.46. The molecule has 0 unspecified atom stereocenters. The van der Waals surface area contributed by atoms with Crippen LogP contribution in [0.15, 0.2) is 30.9 Å². The predicted molar refractivity (Wildman–Crippen MR) is 86.6 cm³/mol. The Hall–Kier alpha value is -3.23. The molecule has 0 bridgehead atoms. The number of aryl methyl sites for hydroxylation is 1. The molecule has 0 radical (unpaired) electrons. The molecule has 9 nitrogen and oxygen atoms in total. The van der Waals surface area contributed by atoms with E-state index in [9.17, 15) is 4.79 Å². The summed E-state index contributed by atoms with van der Waals surface area (Å²) >= 11 is 0. The third-order valence-corrected chi connectivity index (χ3v) is 4.24. The summed E-state index contributed by atoms with van der Waals surface area (Å²) in [7, 11) is 1.91. The molecule has 4 heterocycles. The zero-order valence-electron chi connectivity index (χ0n) is 13.7. The van der Waals surface area contributed by atoms with Gasteiger partial charge in [0.15, 0.2) is 0 Å². The Bertz CT molecular complexity index is 874. The second-order valence-corrected chi connectivity index (χ2v) is 5.77. The van der Waals surface area contributed by atoms with Crippen molar-refractivity contribution < 1.29 is 9.53 Å². The maximum atomic E-state index is 12.5. The Labute approximate surface area is 143 Å². The van der Waals surface area contributed by atoms with Gasteiger partial charge in [0.2, 0.25) is 5.88 Å². The second kappa shape index (κ2) is 6.34. The van der Waals surface area contributed by atoms with E-state index in [0.717, 1.165) is 23.4 Å². The van der Waals surface area contributed by atoms with E-state index in [1.54, 1.807) is 35.8 Å². The van der Waals surface area contributed by atoms with Crippen molar-refractivity contribution >= 4 is 5.91 Å². The highest BCUT2D eigenvalue weighted by atomic mass is 16.5. The fraction of sp³-hybridized carbons (Fsp3) is 0.312. The third kappa shape index (κ3) is 2.95. The molecule has 0 saturated heterocycles. The largest absolute Gasteiger partial charge is 0.470 e. The average Bonchev–Trinajstić information content (AvgIpc) is 3.29. The molecule has 0 spiro atoms. The summed E-state index contributed by atoms with van der Waals surface area (Å²) in [6.45, 7) is 1.43. The topological polar surface area (TPSA) is 102 Å². The highest BCUT2D eigenvalue weighted by Gasteiger charge is 2.27. The summed E-state index contributed by atoms with van der Waals surface area (Å²) in [6, 6.07) is 1.68. The number of hydrogen-bond acceptors (Lipinski definition) is 6. The lowest BCUT2D eigenvalue weighted by molar-refractivity contribution is 0.0726. The Morgan fingerprint density at radius 2 is 2.28 bits per heavy atom. The van der Waals surface area contributed by atoms with E-state index in [-0.39, 0.29) is 12.5 Å². The molecule has 1 aliphatic rings. The minimum Gasteiger partial charge on any atom is -0.470 e. The van der Waals surface area contributed by atoms with Crippen molar-refractivity contribution in [3.63, 3.8) is 0 Å². The minimum absolute atomic E-state index is 0.0622. The van der Waals surface area contributed by atoms with E-state index in [1.165, 1.54) is 0 Å². The van der Waals surface area contributed by atoms with Gasteiger partial charge in [0.1, 0.15) is 18.0 Å². The van der Waals surface area contributed by atoms with Crippen LogP contribution in [0, 0.1) is 0 Å². The Morgan fingerprint density at radius 1 is 1.36 bits per heavy atom. The minimum atomic E-state index is -0.0622. The van der Waals surface area contributed by atoms with E-state index in [2.05, 4.69) is 25.3 Å². The van der Waals surface area contributed by atoms with Crippen LogP contribution in [0.4, 0.5) is 0 Å². The van der Waals surface area contributed by atoms with Crippen molar-refractivity contribution in [1.29, 1.82) is 0 Å². The molecule has 0 saturated carbocycles. The first kappa shape index (κ1) is 15.3. The molecule has 1 amide bonds. The van der Waals surface area contributed by atoms with Gasteiger partial charge >= 0.3 is 0 Å². The standard InChI is InChI=1S/C16H17N7O2/c1-22-14-3-7-23(16(24)12-2-4-19-20-12)9-11(14)13(21-22)10-25-15-8-17-5-6-18-15/h2,4-6,8H,3,7,9-10H2,1H3,(H,19,20). The normalized spacial score (nSPS) is 13.6. The first-order valence-corrected chi connectivity index (χ1v) is 7.93. The Morgan fingerprint density at radius 3 is 3.04 bits per heavy atom. The fourth-order valence-electron chi connectivity index (χ4n) is 3.01. The molecule has 1 N–H and O–H groups in total. The van der Waals surface area contributed by atoms with Crippen molar-refractivity contribution in [3.05, 3.63) is 53.5 Å². The monoisotopic (exact) mass is 339 g/mol. The molecule has 9 heteroatoms. The van der Waals surface area contributed by atoms with E-state index in [1.807, 2.05) is 11.7 Å². The number of rotatable bonds is 4. The smallest absolute Gasteiger partial charge is 0.272 e. The number of carbonyl (C=O) groups excluding carboxylic acids is 1. The molecule has 0 atom stereocenters. The molecule has 0 fully saturated rings. The molecule has 1 aliphatic heterocycles. The SMILES string of the molecule is Cn1nc(COc2cnccn2)c2c1CCN(C(=O)c1ccn[nH]1)C2. The lowest BCUT2D eigenvalue weighted by Crippen LogP contribution is -2.36. The van der Waals surface area contributed by atoms with Gasteiger partial charge in [-0.25, -0.2) is 4.98 Å². The molecular weight excluding hydrogens is 322 g/mol. The van der Waals surface area contributed by atoms with E-state index < -0.39 is 0 Å². The van der Waals surface area contributed by atoms with Crippen molar-refractivity contribution in [3.8, 4) is 5.88 Å². The first-order valence-electron chi connectivity index (χ1n) is 7.93. The molecular formula is C16H17N7O2. The van der Waals surface area contributed by atoms with Crippen LogP contribution in [0.2, 0.25) is 0 Å². The van der Waals surface area contributed by atoms with Gasteiger partial charge in [-0.05, 0) is 6.07 Å². The molecule has 25 heavy (non-hydrogen) atoms. The number of aromatic nitrogens is 6. The number of H-pyrrole nitrogens is 1. The van der Waals surface area contributed by atoms with E-state index in [0.29, 0.717) is 24.7 Å². The maximum absolute atomic E-state index is 12.5.